The topological polar surface area (TPSA) is 45.4 Å². The van der Waals surface area contributed by atoms with Crippen molar-refractivity contribution in [2.75, 3.05) is 5.32 Å². The van der Waals surface area contributed by atoms with Crippen molar-refractivity contribution in [1.82, 2.24) is 0 Å². The molecular formula is C16H19NO2. The van der Waals surface area contributed by atoms with Crippen LogP contribution in [0.1, 0.15) is 36.3 Å². The van der Waals surface area contributed by atoms with Crippen LogP contribution in [0.4, 0.5) is 5.69 Å². The van der Waals surface area contributed by atoms with Crippen molar-refractivity contribution in [3.63, 3.8) is 0 Å². The van der Waals surface area contributed by atoms with Crippen LogP contribution in [0, 0.1) is 5.92 Å². The number of rotatable bonds is 5. The Bertz CT molecular complexity index is 561. The predicted octanol–water partition coefficient (Wildman–Crippen LogP) is 3.51. The predicted molar refractivity (Wildman–Crippen MR) is 74.9 cm³/mol. The van der Waals surface area contributed by atoms with E-state index in [1.807, 2.05) is 30.3 Å². The Morgan fingerprint density at radius 2 is 2.16 bits per heavy atom. The molecule has 2 unspecified atom stereocenters. The van der Waals surface area contributed by atoms with E-state index in [4.69, 9.17) is 9.52 Å². The Morgan fingerprint density at radius 1 is 1.32 bits per heavy atom. The second kappa shape index (κ2) is 5.10. The van der Waals surface area contributed by atoms with Gasteiger partial charge in [-0.25, -0.2) is 0 Å². The second-order valence-corrected chi connectivity index (χ2v) is 5.34. The fourth-order valence-electron chi connectivity index (χ4n) is 2.38. The van der Waals surface area contributed by atoms with E-state index in [0.717, 1.165) is 28.7 Å². The van der Waals surface area contributed by atoms with Crippen LogP contribution in [-0.4, -0.2) is 5.11 Å². The van der Waals surface area contributed by atoms with Gasteiger partial charge in [-0.2, -0.15) is 0 Å². The van der Waals surface area contributed by atoms with Crippen LogP contribution in [0.25, 0.3) is 0 Å². The first-order valence-corrected chi connectivity index (χ1v) is 6.78. The molecule has 1 aromatic heterocycles. The lowest BCUT2D eigenvalue weighted by Crippen LogP contribution is -1.98. The van der Waals surface area contributed by atoms with Crippen molar-refractivity contribution in [2.24, 2.45) is 5.92 Å². The van der Waals surface area contributed by atoms with Gasteiger partial charge < -0.3 is 14.8 Å². The highest BCUT2D eigenvalue weighted by Gasteiger charge is 2.36. The molecule has 1 saturated carbocycles. The molecule has 0 bridgehead atoms. The third-order valence-electron chi connectivity index (χ3n) is 3.73. The van der Waals surface area contributed by atoms with Gasteiger partial charge >= 0.3 is 0 Å². The molecule has 1 aliphatic rings. The Morgan fingerprint density at radius 3 is 2.89 bits per heavy atom. The highest BCUT2D eigenvalue weighted by molar-refractivity contribution is 5.45. The van der Waals surface area contributed by atoms with Gasteiger partial charge in [-0.05, 0) is 42.2 Å². The average molecular weight is 257 g/mol. The van der Waals surface area contributed by atoms with E-state index in [-0.39, 0.29) is 6.61 Å². The van der Waals surface area contributed by atoms with Gasteiger partial charge in [-0.15, -0.1) is 0 Å². The molecule has 0 radical (unpaired) electrons. The maximum atomic E-state index is 9.10. The van der Waals surface area contributed by atoms with Gasteiger partial charge in [0, 0.05) is 11.6 Å². The summed E-state index contributed by atoms with van der Waals surface area (Å²) in [6.45, 7) is 3.00. The van der Waals surface area contributed by atoms with Crippen LogP contribution < -0.4 is 5.32 Å². The summed E-state index contributed by atoms with van der Waals surface area (Å²) in [6.07, 6.45) is 1.25. The average Bonchev–Trinajstić information content (AvgIpc) is 2.99. The standard InChI is InChI=1S/C16H19NO2/c1-11-7-15(11)16-6-5-14(19-16)9-17-13-4-2-3-12(8-13)10-18/h2-6,8,11,15,17-18H,7,9-10H2,1H3. The minimum Gasteiger partial charge on any atom is -0.464 e. The zero-order chi connectivity index (χ0) is 13.2. The van der Waals surface area contributed by atoms with Crippen molar-refractivity contribution < 1.29 is 9.52 Å². The Labute approximate surface area is 113 Å². The van der Waals surface area contributed by atoms with Gasteiger partial charge in [0.1, 0.15) is 11.5 Å². The molecule has 2 atom stereocenters. The first-order chi connectivity index (χ1) is 9.26. The van der Waals surface area contributed by atoms with Crippen molar-refractivity contribution in [1.29, 1.82) is 0 Å². The summed E-state index contributed by atoms with van der Waals surface area (Å²) in [5, 5.41) is 12.4. The molecule has 0 saturated heterocycles. The number of hydrogen-bond acceptors (Lipinski definition) is 3. The lowest BCUT2D eigenvalue weighted by molar-refractivity contribution is 0.282. The van der Waals surface area contributed by atoms with E-state index in [1.165, 1.54) is 6.42 Å². The molecule has 0 aliphatic heterocycles. The molecule has 2 aromatic rings. The monoisotopic (exact) mass is 257 g/mol. The molecule has 1 aliphatic carbocycles. The summed E-state index contributed by atoms with van der Waals surface area (Å²) in [5.74, 6) is 3.48. The molecule has 1 heterocycles. The van der Waals surface area contributed by atoms with Gasteiger partial charge in [0.25, 0.3) is 0 Å². The van der Waals surface area contributed by atoms with Gasteiger partial charge in [0.2, 0.25) is 0 Å². The molecular weight excluding hydrogens is 238 g/mol. The van der Waals surface area contributed by atoms with Crippen LogP contribution in [0.5, 0.6) is 0 Å². The maximum Gasteiger partial charge on any atom is 0.123 e. The number of hydrogen-bond donors (Lipinski definition) is 2. The zero-order valence-electron chi connectivity index (χ0n) is 11.1. The number of furan rings is 1. The van der Waals surface area contributed by atoms with Crippen molar-refractivity contribution in [2.45, 2.75) is 32.4 Å². The van der Waals surface area contributed by atoms with Gasteiger partial charge in [-0.1, -0.05) is 19.1 Å². The van der Waals surface area contributed by atoms with Crippen LogP contribution in [-0.2, 0) is 13.2 Å². The Hall–Kier alpha value is -1.74. The van der Waals surface area contributed by atoms with E-state index < -0.39 is 0 Å². The van der Waals surface area contributed by atoms with Gasteiger partial charge in [-0.3, -0.25) is 0 Å². The molecule has 3 rings (SSSR count). The van der Waals surface area contributed by atoms with E-state index >= 15 is 0 Å². The number of benzene rings is 1. The summed E-state index contributed by atoms with van der Waals surface area (Å²) in [4.78, 5) is 0. The number of nitrogens with one attached hydrogen (secondary N) is 1. The van der Waals surface area contributed by atoms with Crippen molar-refractivity contribution >= 4 is 5.69 Å². The lowest BCUT2D eigenvalue weighted by Gasteiger charge is -2.05. The van der Waals surface area contributed by atoms with Gasteiger partial charge in [0.15, 0.2) is 0 Å². The van der Waals surface area contributed by atoms with Crippen molar-refractivity contribution in [3.8, 4) is 0 Å². The maximum absolute atomic E-state index is 9.10. The molecule has 100 valence electrons. The highest BCUT2D eigenvalue weighted by atomic mass is 16.3. The molecule has 19 heavy (non-hydrogen) atoms. The van der Waals surface area contributed by atoms with E-state index in [9.17, 15) is 0 Å². The molecule has 3 nitrogen and oxygen atoms in total. The minimum atomic E-state index is 0.0694. The molecule has 1 fully saturated rings. The number of aliphatic hydroxyl groups excluding tert-OH is 1. The van der Waals surface area contributed by atoms with Crippen LogP contribution in [0.2, 0.25) is 0 Å². The Kier molecular flexibility index (Phi) is 3.30. The third kappa shape index (κ3) is 2.82. The van der Waals surface area contributed by atoms with E-state index in [0.29, 0.717) is 12.5 Å². The van der Waals surface area contributed by atoms with E-state index in [2.05, 4.69) is 18.3 Å². The normalized spacial score (nSPS) is 21.4. The summed E-state index contributed by atoms with van der Waals surface area (Å²) in [7, 11) is 0. The Balaban J connectivity index is 1.60. The largest absolute Gasteiger partial charge is 0.464 e. The minimum absolute atomic E-state index is 0.0694. The first kappa shape index (κ1) is 12.3. The first-order valence-electron chi connectivity index (χ1n) is 6.78. The summed E-state index contributed by atoms with van der Waals surface area (Å²) < 4.78 is 5.84. The highest BCUT2D eigenvalue weighted by Crippen LogP contribution is 2.47. The number of anilines is 1. The third-order valence-corrected chi connectivity index (χ3v) is 3.73. The second-order valence-electron chi connectivity index (χ2n) is 5.34. The fourth-order valence-corrected chi connectivity index (χ4v) is 2.38. The van der Waals surface area contributed by atoms with Crippen LogP contribution in [0.3, 0.4) is 0 Å². The zero-order valence-corrected chi connectivity index (χ0v) is 11.1. The molecule has 2 N–H and O–H groups in total. The number of aliphatic hydroxyl groups is 1. The smallest absolute Gasteiger partial charge is 0.123 e. The summed E-state index contributed by atoms with van der Waals surface area (Å²) in [5.41, 5.74) is 1.92. The molecule has 3 heteroatoms. The van der Waals surface area contributed by atoms with Crippen molar-refractivity contribution in [3.05, 3.63) is 53.5 Å². The molecule has 0 amide bonds. The van der Waals surface area contributed by atoms with Crippen LogP contribution in [0.15, 0.2) is 40.8 Å². The quantitative estimate of drug-likeness (QED) is 0.861. The lowest BCUT2D eigenvalue weighted by atomic mass is 10.2. The summed E-state index contributed by atoms with van der Waals surface area (Å²) in [6, 6.07) is 11.9. The summed E-state index contributed by atoms with van der Waals surface area (Å²) >= 11 is 0. The van der Waals surface area contributed by atoms with E-state index in [1.54, 1.807) is 0 Å². The van der Waals surface area contributed by atoms with Crippen LogP contribution >= 0.6 is 0 Å². The fraction of sp³-hybridized carbons (Fsp3) is 0.375. The molecule has 1 aromatic carbocycles. The SMILES string of the molecule is CC1CC1c1ccc(CNc2cccc(CO)c2)o1. The molecule has 0 spiro atoms. The van der Waals surface area contributed by atoms with Gasteiger partial charge in [0.05, 0.1) is 13.2 Å².